The largest absolute Gasteiger partial charge is 0.457 e. The molecule has 0 aromatic heterocycles. The first-order valence-corrected chi connectivity index (χ1v) is 11.2. The summed E-state index contributed by atoms with van der Waals surface area (Å²) in [6.45, 7) is 2.48. The summed E-state index contributed by atoms with van der Waals surface area (Å²) in [5.41, 5.74) is 1.95. The minimum absolute atomic E-state index is 0.0737. The van der Waals surface area contributed by atoms with Crippen molar-refractivity contribution in [3.63, 3.8) is 0 Å². The van der Waals surface area contributed by atoms with E-state index in [2.05, 4.69) is 4.72 Å². The van der Waals surface area contributed by atoms with Gasteiger partial charge < -0.3 is 9.64 Å². The molecular formula is C23H22N2O4S. The topological polar surface area (TPSA) is 75.7 Å². The van der Waals surface area contributed by atoms with Crippen molar-refractivity contribution in [2.45, 2.75) is 24.7 Å². The maximum atomic E-state index is 12.8. The number of nitrogens with zero attached hydrogens (tertiary/aromatic N) is 1. The molecule has 3 aromatic carbocycles. The summed E-state index contributed by atoms with van der Waals surface area (Å²) in [5.74, 6) is 1.39. The highest BCUT2D eigenvalue weighted by Crippen LogP contribution is 2.28. The molecule has 0 spiro atoms. The average Bonchev–Trinajstić information content (AvgIpc) is 3.15. The molecule has 30 heavy (non-hydrogen) atoms. The Morgan fingerprint density at radius 3 is 2.27 bits per heavy atom. The molecule has 1 amide bonds. The Labute approximate surface area is 176 Å². The van der Waals surface area contributed by atoms with E-state index in [9.17, 15) is 13.2 Å². The zero-order valence-electron chi connectivity index (χ0n) is 16.5. The molecule has 0 radical (unpaired) electrons. The van der Waals surface area contributed by atoms with Crippen molar-refractivity contribution < 1.29 is 17.9 Å². The lowest BCUT2D eigenvalue weighted by Crippen LogP contribution is -2.24. The van der Waals surface area contributed by atoms with E-state index in [0.29, 0.717) is 30.2 Å². The molecule has 1 fully saturated rings. The number of benzene rings is 3. The number of hydrogen-bond acceptors (Lipinski definition) is 4. The fourth-order valence-electron chi connectivity index (χ4n) is 3.43. The van der Waals surface area contributed by atoms with Crippen LogP contribution in [0, 0.1) is 6.92 Å². The number of sulfonamides is 1. The number of nitrogens with one attached hydrogen (secondary N) is 1. The predicted octanol–water partition coefficient (Wildman–Crippen LogP) is 4.71. The second-order valence-electron chi connectivity index (χ2n) is 7.14. The molecule has 4 rings (SSSR count). The average molecular weight is 423 g/mol. The van der Waals surface area contributed by atoms with Gasteiger partial charge in [-0.3, -0.25) is 9.52 Å². The predicted molar refractivity (Wildman–Crippen MR) is 117 cm³/mol. The number of carbonyl (C=O) groups is 1. The smallest absolute Gasteiger partial charge is 0.261 e. The van der Waals surface area contributed by atoms with Gasteiger partial charge in [-0.1, -0.05) is 18.2 Å². The molecule has 0 aliphatic carbocycles. The second kappa shape index (κ2) is 8.20. The Hall–Kier alpha value is -3.32. The maximum Gasteiger partial charge on any atom is 0.261 e. The van der Waals surface area contributed by atoms with Crippen LogP contribution in [0.25, 0.3) is 0 Å². The van der Waals surface area contributed by atoms with Gasteiger partial charge in [0.2, 0.25) is 5.91 Å². The summed E-state index contributed by atoms with van der Waals surface area (Å²) >= 11 is 0. The fourth-order valence-corrected chi connectivity index (χ4v) is 4.57. The van der Waals surface area contributed by atoms with Crippen LogP contribution < -0.4 is 14.4 Å². The van der Waals surface area contributed by atoms with Crippen LogP contribution in [0.1, 0.15) is 18.4 Å². The van der Waals surface area contributed by atoms with Crippen LogP contribution in [0.4, 0.5) is 11.4 Å². The Bertz CT molecular complexity index is 1160. The van der Waals surface area contributed by atoms with Crippen LogP contribution in [0.3, 0.4) is 0 Å². The van der Waals surface area contributed by atoms with E-state index in [1.807, 2.05) is 37.3 Å². The van der Waals surface area contributed by atoms with E-state index in [1.165, 1.54) is 6.07 Å². The normalized spacial score (nSPS) is 14.0. The summed E-state index contributed by atoms with van der Waals surface area (Å²) < 4.78 is 33.9. The molecule has 154 valence electrons. The van der Waals surface area contributed by atoms with Crippen LogP contribution >= 0.6 is 0 Å². The number of amides is 1. The quantitative estimate of drug-likeness (QED) is 0.624. The molecule has 1 saturated heterocycles. The third kappa shape index (κ3) is 4.31. The molecule has 1 aliphatic heterocycles. The summed E-state index contributed by atoms with van der Waals surface area (Å²) in [6, 6.07) is 20.9. The SMILES string of the molecule is Cc1cc(S(=O)(=O)Nc2ccc(Oc3ccccc3)cc2)ccc1N1CCCC1=O. The van der Waals surface area contributed by atoms with Crippen molar-refractivity contribution >= 4 is 27.3 Å². The molecular weight excluding hydrogens is 400 g/mol. The van der Waals surface area contributed by atoms with Crippen LogP contribution in [-0.4, -0.2) is 20.9 Å². The van der Waals surface area contributed by atoms with Crippen molar-refractivity contribution in [1.29, 1.82) is 0 Å². The number of carbonyl (C=O) groups excluding carboxylic acids is 1. The van der Waals surface area contributed by atoms with E-state index >= 15 is 0 Å². The summed E-state index contributed by atoms with van der Waals surface area (Å²) in [7, 11) is -3.76. The first-order valence-electron chi connectivity index (χ1n) is 9.69. The van der Waals surface area contributed by atoms with Gasteiger partial charge in [-0.15, -0.1) is 0 Å². The zero-order valence-corrected chi connectivity index (χ0v) is 17.4. The maximum absolute atomic E-state index is 12.8. The standard InChI is InChI=1S/C23H22N2O4S/c1-17-16-21(13-14-22(17)25-15-5-8-23(25)26)30(27,28)24-18-9-11-20(12-10-18)29-19-6-3-2-4-7-19/h2-4,6-7,9-14,16,24H,5,8,15H2,1H3. The van der Waals surface area contributed by atoms with E-state index in [0.717, 1.165) is 17.7 Å². The van der Waals surface area contributed by atoms with Gasteiger partial charge in [0.25, 0.3) is 10.0 Å². The Balaban J connectivity index is 1.48. The summed E-state index contributed by atoms with van der Waals surface area (Å²) in [6.07, 6.45) is 1.36. The number of rotatable bonds is 6. The first-order chi connectivity index (χ1) is 14.4. The number of anilines is 2. The zero-order chi connectivity index (χ0) is 21.1. The number of para-hydroxylation sites is 1. The third-order valence-corrected chi connectivity index (χ3v) is 6.31. The van der Waals surface area contributed by atoms with E-state index in [4.69, 9.17) is 4.74 Å². The monoisotopic (exact) mass is 422 g/mol. The third-order valence-electron chi connectivity index (χ3n) is 4.93. The van der Waals surface area contributed by atoms with E-state index in [1.54, 1.807) is 41.3 Å². The Kier molecular flexibility index (Phi) is 5.46. The molecule has 1 N–H and O–H groups in total. The molecule has 0 bridgehead atoms. The van der Waals surface area contributed by atoms with Crippen LogP contribution in [0.15, 0.2) is 77.7 Å². The van der Waals surface area contributed by atoms with E-state index < -0.39 is 10.0 Å². The minimum atomic E-state index is -3.76. The van der Waals surface area contributed by atoms with Gasteiger partial charge in [-0.25, -0.2) is 8.42 Å². The first kappa shape index (κ1) is 20.0. The van der Waals surface area contributed by atoms with Crippen LogP contribution in [0.5, 0.6) is 11.5 Å². The Morgan fingerprint density at radius 1 is 0.933 bits per heavy atom. The van der Waals surface area contributed by atoms with Gasteiger partial charge in [-0.2, -0.15) is 0 Å². The Morgan fingerprint density at radius 2 is 1.63 bits per heavy atom. The van der Waals surface area contributed by atoms with Gasteiger partial charge in [-0.05, 0) is 73.5 Å². The summed E-state index contributed by atoms with van der Waals surface area (Å²) in [5, 5.41) is 0. The minimum Gasteiger partial charge on any atom is -0.457 e. The van der Waals surface area contributed by atoms with Crippen molar-refractivity contribution in [3.05, 3.63) is 78.4 Å². The molecule has 1 heterocycles. The van der Waals surface area contributed by atoms with Gasteiger partial charge in [0.05, 0.1) is 4.90 Å². The molecule has 0 atom stereocenters. The fraction of sp³-hybridized carbons (Fsp3) is 0.174. The summed E-state index contributed by atoms with van der Waals surface area (Å²) in [4.78, 5) is 13.8. The highest BCUT2D eigenvalue weighted by molar-refractivity contribution is 7.92. The van der Waals surface area contributed by atoms with Gasteiger partial charge in [0.1, 0.15) is 11.5 Å². The molecule has 6 nitrogen and oxygen atoms in total. The van der Waals surface area contributed by atoms with Crippen molar-refractivity contribution in [1.82, 2.24) is 0 Å². The van der Waals surface area contributed by atoms with Gasteiger partial charge in [0, 0.05) is 24.3 Å². The van der Waals surface area contributed by atoms with Crippen molar-refractivity contribution in [2.24, 2.45) is 0 Å². The van der Waals surface area contributed by atoms with E-state index in [-0.39, 0.29) is 10.8 Å². The molecule has 7 heteroatoms. The molecule has 3 aromatic rings. The lowest BCUT2D eigenvalue weighted by Gasteiger charge is -2.19. The molecule has 1 aliphatic rings. The number of aryl methyl sites for hydroxylation is 1. The highest BCUT2D eigenvalue weighted by atomic mass is 32.2. The second-order valence-corrected chi connectivity index (χ2v) is 8.82. The van der Waals surface area contributed by atoms with Gasteiger partial charge >= 0.3 is 0 Å². The van der Waals surface area contributed by atoms with Crippen LogP contribution in [-0.2, 0) is 14.8 Å². The van der Waals surface area contributed by atoms with Crippen LogP contribution in [0.2, 0.25) is 0 Å². The lowest BCUT2D eigenvalue weighted by molar-refractivity contribution is -0.117. The highest BCUT2D eigenvalue weighted by Gasteiger charge is 2.24. The molecule has 0 unspecified atom stereocenters. The van der Waals surface area contributed by atoms with Gasteiger partial charge in [0.15, 0.2) is 0 Å². The number of hydrogen-bond donors (Lipinski definition) is 1. The number of ether oxygens (including phenoxy) is 1. The van der Waals surface area contributed by atoms with Crippen molar-refractivity contribution in [2.75, 3.05) is 16.2 Å². The lowest BCUT2D eigenvalue weighted by atomic mass is 10.2. The van der Waals surface area contributed by atoms with Crippen molar-refractivity contribution in [3.8, 4) is 11.5 Å². The molecule has 0 saturated carbocycles.